The van der Waals surface area contributed by atoms with E-state index in [0.29, 0.717) is 46.8 Å². The first-order valence-corrected chi connectivity index (χ1v) is 10.6. The lowest BCUT2D eigenvalue weighted by atomic mass is 10.2. The predicted octanol–water partition coefficient (Wildman–Crippen LogP) is 3.74. The van der Waals surface area contributed by atoms with Crippen LogP contribution in [-0.4, -0.2) is 43.8 Å². The Balaban J connectivity index is 1.95. The van der Waals surface area contributed by atoms with Crippen LogP contribution in [0.4, 0.5) is 5.69 Å². The van der Waals surface area contributed by atoms with Crippen molar-refractivity contribution in [2.75, 3.05) is 32.2 Å². The largest absolute Gasteiger partial charge is 0.492 e. The summed E-state index contributed by atoms with van der Waals surface area (Å²) in [5.41, 5.74) is 1.49. The molecule has 3 N–H and O–H groups in total. The van der Waals surface area contributed by atoms with Gasteiger partial charge in [-0.25, -0.2) is 0 Å². The summed E-state index contributed by atoms with van der Waals surface area (Å²) in [5.74, 6) is 0.0966. The first kappa shape index (κ1) is 23.8. The van der Waals surface area contributed by atoms with Gasteiger partial charge in [-0.05, 0) is 71.0 Å². The lowest BCUT2D eigenvalue weighted by Crippen LogP contribution is -2.34. The Labute approximate surface area is 189 Å². The normalized spacial score (nSPS) is 10.2. The fraction of sp³-hybridized carbons (Fsp3) is 0.286. The second-order valence-corrected chi connectivity index (χ2v) is 7.49. The fourth-order valence-corrected chi connectivity index (χ4v) is 3.12. The minimum Gasteiger partial charge on any atom is -0.492 e. The minimum atomic E-state index is -0.358. The zero-order valence-electron chi connectivity index (χ0n) is 16.8. The average molecular weight is 494 g/mol. The molecule has 0 atom stereocenters. The Morgan fingerprint density at radius 1 is 1.07 bits per heavy atom. The molecular weight excluding hydrogens is 470 g/mol. The van der Waals surface area contributed by atoms with E-state index in [9.17, 15) is 9.59 Å². The highest BCUT2D eigenvalue weighted by Gasteiger charge is 2.12. The number of methoxy groups -OCH3 is 1. The third-order valence-electron chi connectivity index (χ3n) is 3.86. The Morgan fingerprint density at radius 2 is 1.83 bits per heavy atom. The van der Waals surface area contributed by atoms with Crippen molar-refractivity contribution in [1.82, 2.24) is 10.6 Å². The average Bonchev–Trinajstić information content (AvgIpc) is 2.73. The summed E-state index contributed by atoms with van der Waals surface area (Å²) < 4.78 is 11.2. The van der Waals surface area contributed by atoms with E-state index in [1.165, 1.54) is 0 Å². The second kappa shape index (κ2) is 12.3. The molecule has 7 nitrogen and oxygen atoms in total. The summed E-state index contributed by atoms with van der Waals surface area (Å²) in [7, 11) is 1.57. The van der Waals surface area contributed by atoms with Crippen LogP contribution in [0.15, 0.2) is 46.9 Å². The molecule has 0 aromatic heterocycles. The third kappa shape index (κ3) is 7.40. The number of ether oxygens (including phenoxy) is 2. The van der Waals surface area contributed by atoms with Gasteiger partial charge in [0.2, 0.25) is 0 Å². The van der Waals surface area contributed by atoms with Crippen LogP contribution in [0.25, 0.3) is 0 Å². The van der Waals surface area contributed by atoms with E-state index in [4.69, 9.17) is 21.7 Å². The number of carbonyl (C=O) groups is 2. The number of anilines is 1. The van der Waals surface area contributed by atoms with Crippen molar-refractivity contribution in [3.05, 3.63) is 58.1 Å². The lowest BCUT2D eigenvalue weighted by molar-refractivity contribution is 0.0935. The van der Waals surface area contributed by atoms with E-state index < -0.39 is 0 Å². The monoisotopic (exact) mass is 493 g/mol. The molecule has 0 saturated heterocycles. The first-order chi connectivity index (χ1) is 14.4. The Bertz CT molecular complexity index is 908. The van der Waals surface area contributed by atoms with Gasteiger partial charge in [-0.15, -0.1) is 0 Å². The zero-order valence-corrected chi connectivity index (χ0v) is 19.2. The van der Waals surface area contributed by atoms with Crippen molar-refractivity contribution in [2.45, 2.75) is 13.3 Å². The summed E-state index contributed by atoms with van der Waals surface area (Å²) in [6, 6.07) is 11.9. The first-order valence-electron chi connectivity index (χ1n) is 9.36. The van der Waals surface area contributed by atoms with Crippen LogP contribution in [0.1, 0.15) is 34.1 Å². The summed E-state index contributed by atoms with van der Waals surface area (Å²) in [4.78, 5) is 24.6. The van der Waals surface area contributed by atoms with Crippen molar-refractivity contribution >= 4 is 50.8 Å². The SMILES string of the molecule is CCCOc1ccc(C(=O)NC(=S)Nc2cccc(C(=O)NCCOC)c2)cc1Br. The molecule has 0 spiro atoms. The highest BCUT2D eigenvalue weighted by Crippen LogP contribution is 2.26. The summed E-state index contributed by atoms with van der Waals surface area (Å²) in [6.45, 7) is 3.47. The molecule has 0 aliphatic heterocycles. The van der Waals surface area contributed by atoms with Gasteiger partial charge in [0.25, 0.3) is 11.8 Å². The zero-order chi connectivity index (χ0) is 21.9. The number of amides is 2. The van der Waals surface area contributed by atoms with E-state index in [1.807, 2.05) is 6.92 Å². The molecule has 30 heavy (non-hydrogen) atoms. The summed E-state index contributed by atoms with van der Waals surface area (Å²) in [5, 5.41) is 8.42. The number of nitrogens with one attached hydrogen (secondary N) is 3. The predicted molar refractivity (Wildman–Crippen MR) is 124 cm³/mol. The maximum Gasteiger partial charge on any atom is 0.257 e. The van der Waals surface area contributed by atoms with E-state index in [-0.39, 0.29) is 16.9 Å². The van der Waals surface area contributed by atoms with E-state index >= 15 is 0 Å². The third-order valence-corrected chi connectivity index (χ3v) is 4.68. The molecule has 0 fully saturated rings. The van der Waals surface area contributed by atoms with Crippen LogP contribution in [0, 0.1) is 0 Å². The number of hydrogen-bond donors (Lipinski definition) is 3. The number of rotatable bonds is 9. The quantitative estimate of drug-likeness (QED) is 0.364. The van der Waals surface area contributed by atoms with Crippen LogP contribution >= 0.6 is 28.1 Å². The van der Waals surface area contributed by atoms with E-state index in [2.05, 4.69) is 31.9 Å². The molecule has 0 radical (unpaired) electrons. The Kier molecular flexibility index (Phi) is 9.72. The van der Waals surface area contributed by atoms with Crippen LogP contribution in [0.2, 0.25) is 0 Å². The highest BCUT2D eigenvalue weighted by molar-refractivity contribution is 9.10. The smallest absolute Gasteiger partial charge is 0.257 e. The number of hydrogen-bond acceptors (Lipinski definition) is 5. The van der Waals surface area contributed by atoms with Crippen molar-refractivity contribution in [3.63, 3.8) is 0 Å². The Morgan fingerprint density at radius 3 is 2.53 bits per heavy atom. The molecule has 2 amide bonds. The van der Waals surface area contributed by atoms with Gasteiger partial charge < -0.3 is 20.1 Å². The molecule has 2 aromatic carbocycles. The number of thiocarbonyl (C=S) groups is 1. The molecule has 0 aliphatic carbocycles. The van der Waals surface area contributed by atoms with Gasteiger partial charge in [0.1, 0.15) is 5.75 Å². The molecule has 0 unspecified atom stereocenters. The van der Waals surface area contributed by atoms with Crippen molar-refractivity contribution in [1.29, 1.82) is 0 Å². The van der Waals surface area contributed by atoms with Gasteiger partial charge in [-0.1, -0.05) is 13.0 Å². The molecule has 9 heteroatoms. The van der Waals surface area contributed by atoms with Gasteiger partial charge in [0.05, 0.1) is 17.7 Å². The van der Waals surface area contributed by atoms with Crippen LogP contribution in [0.3, 0.4) is 0 Å². The molecule has 2 rings (SSSR count). The standard InChI is InChI=1S/C21H24BrN3O4S/c1-3-10-29-18-8-7-15(13-17(18)22)20(27)25-21(30)24-16-6-4-5-14(12-16)19(26)23-9-11-28-2/h4-8,12-13H,3,9-11H2,1-2H3,(H,23,26)(H2,24,25,27,30). The van der Waals surface area contributed by atoms with Gasteiger partial charge >= 0.3 is 0 Å². The molecule has 0 saturated carbocycles. The van der Waals surface area contributed by atoms with Gasteiger partial charge in [0, 0.05) is 30.5 Å². The van der Waals surface area contributed by atoms with Crippen LogP contribution in [-0.2, 0) is 4.74 Å². The second-order valence-electron chi connectivity index (χ2n) is 6.23. The van der Waals surface area contributed by atoms with Crippen LogP contribution in [0.5, 0.6) is 5.75 Å². The molecule has 2 aromatic rings. The van der Waals surface area contributed by atoms with E-state index in [1.54, 1.807) is 49.6 Å². The Hall–Kier alpha value is -2.49. The fourth-order valence-electron chi connectivity index (χ4n) is 2.42. The molecule has 0 aliphatic rings. The van der Waals surface area contributed by atoms with Crippen molar-refractivity contribution in [2.24, 2.45) is 0 Å². The number of carbonyl (C=O) groups excluding carboxylic acids is 2. The topological polar surface area (TPSA) is 88.7 Å². The highest BCUT2D eigenvalue weighted by atomic mass is 79.9. The van der Waals surface area contributed by atoms with Crippen molar-refractivity contribution < 1.29 is 19.1 Å². The lowest BCUT2D eigenvalue weighted by Gasteiger charge is -2.12. The number of benzene rings is 2. The van der Waals surface area contributed by atoms with Gasteiger partial charge in [-0.3, -0.25) is 14.9 Å². The molecule has 160 valence electrons. The number of halogens is 1. The molecular formula is C21H24BrN3O4S. The molecule has 0 heterocycles. The molecule has 0 bridgehead atoms. The maximum atomic E-state index is 12.5. The maximum absolute atomic E-state index is 12.5. The van der Waals surface area contributed by atoms with E-state index in [0.717, 1.165) is 6.42 Å². The van der Waals surface area contributed by atoms with Gasteiger partial charge in [0.15, 0.2) is 5.11 Å². The van der Waals surface area contributed by atoms with Crippen LogP contribution < -0.4 is 20.7 Å². The summed E-state index contributed by atoms with van der Waals surface area (Å²) >= 11 is 8.64. The summed E-state index contributed by atoms with van der Waals surface area (Å²) in [6.07, 6.45) is 0.893. The van der Waals surface area contributed by atoms with Crippen molar-refractivity contribution in [3.8, 4) is 5.75 Å². The minimum absolute atomic E-state index is 0.124. The van der Waals surface area contributed by atoms with Gasteiger partial charge in [-0.2, -0.15) is 0 Å².